The molecular formula is C27H28N4O4. The fraction of sp³-hybridized carbons (Fsp3) is 0.259. The molecule has 35 heavy (non-hydrogen) atoms. The molecule has 3 aromatic rings. The van der Waals surface area contributed by atoms with Crippen LogP contribution in [0.1, 0.15) is 53.5 Å². The molecule has 0 fully saturated rings. The van der Waals surface area contributed by atoms with Gasteiger partial charge in [0, 0.05) is 29.6 Å². The van der Waals surface area contributed by atoms with Gasteiger partial charge in [-0.1, -0.05) is 12.1 Å². The first kappa shape index (κ1) is 25.2. The molecule has 0 atom stereocenters. The highest BCUT2D eigenvalue weighted by Gasteiger charge is 2.17. The van der Waals surface area contributed by atoms with Crippen molar-refractivity contribution < 1.29 is 19.1 Å². The van der Waals surface area contributed by atoms with E-state index in [-0.39, 0.29) is 19.1 Å². The molecule has 0 radical (unpaired) electrons. The molecule has 0 aliphatic rings. The standard InChI is InChI=1S/C27H28N4O4/c1-18-13-20(10-11-23(18)31-26(33)35-27(2,3)4)25(32)30-16-21-9-8-19(15-28)14-24(21)34-17-22-7-5-6-12-29-22/h5-14H,16-17H2,1-4H3,(H,30,32)(H,31,33). The van der Waals surface area contributed by atoms with Crippen molar-refractivity contribution in [3.8, 4) is 11.8 Å². The average molecular weight is 473 g/mol. The van der Waals surface area contributed by atoms with Crippen molar-refractivity contribution in [3.05, 3.63) is 88.7 Å². The molecule has 2 N–H and O–H groups in total. The molecule has 1 heterocycles. The second-order valence-electron chi connectivity index (χ2n) is 8.88. The maximum atomic E-state index is 12.8. The van der Waals surface area contributed by atoms with Crippen molar-refractivity contribution in [1.29, 1.82) is 5.26 Å². The summed E-state index contributed by atoms with van der Waals surface area (Å²) in [6, 6.07) is 17.7. The highest BCUT2D eigenvalue weighted by Crippen LogP contribution is 2.22. The maximum Gasteiger partial charge on any atom is 0.412 e. The quantitative estimate of drug-likeness (QED) is 0.494. The first-order valence-electron chi connectivity index (χ1n) is 11.1. The second kappa shape index (κ2) is 11.2. The van der Waals surface area contributed by atoms with Gasteiger partial charge >= 0.3 is 6.09 Å². The third kappa shape index (κ3) is 7.57. The van der Waals surface area contributed by atoms with E-state index < -0.39 is 11.7 Å². The molecule has 0 aliphatic heterocycles. The predicted molar refractivity (Wildman–Crippen MR) is 132 cm³/mol. The lowest BCUT2D eigenvalue weighted by Gasteiger charge is -2.20. The third-order valence-corrected chi connectivity index (χ3v) is 4.86. The van der Waals surface area contributed by atoms with Crippen molar-refractivity contribution in [1.82, 2.24) is 10.3 Å². The van der Waals surface area contributed by atoms with E-state index in [1.165, 1.54) is 0 Å². The summed E-state index contributed by atoms with van der Waals surface area (Å²) < 4.78 is 11.2. The summed E-state index contributed by atoms with van der Waals surface area (Å²) in [5.74, 6) is 0.222. The number of pyridine rings is 1. The van der Waals surface area contributed by atoms with Crippen LogP contribution in [0.15, 0.2) is 60.8 Å². The topological polar surface area (TPSA) is 113 Å². The largest absolute Gasteiger partial charge is 0.487 e. The number of carbonyl (C=O) groups is 2. The molecule has 2 amide bonds. The number of nitrogens with zero attached hydrogens (tertiary/aromatic N) is 2. The summed E-state index contributed by atoms with van der Waals surface area (Å²) in [4.78, 5) is 29.0. The summed E-state index contributed by atoms with van der Waals surface area (Å²) in [5, 5.41) is 14.8. The fourth-order valence-corrected chi connectivity index (χ4v) is 3.18. The fourth-order valence-electron chi connectivity index (χ4n) is 3.18. The van der Waals surface area contributed by atoms with Gasteiger partial charge < -0.3 is 14.8 Å². The number of anilines is 1. The summed E-state index contributed by atoms with van der Waals surface area (Å²) in [5.41, 5.74) is 3.06. The normalized spacial score (nSPS) is 10.7. The molecule has 0 bridgehead atoms. The SMILES string of the molecule is Cc1cc(C(=O)NCc2ccc(C#N)cc2OCc2ccccn2)ccc1NC(=O)OC(C)(C)C. The highest BCUT2D eigenvalue weighted by atomic mass is 16.6. The summed E-state index contributed by atoms with van der Waals surface area (Å²) >= 11 is 0. The van der Waals surface area contributed by atoms with Crippen molar-refractivity contribution in [2.24, 2.45) is 0 Å². The van der Waals surface area contributed by atoms with Gasteiger partial charge in [-0.25, -0.2) is 4.79 Å². The van der Waals surface area contributed by atoms with E-state index in [1.807, 2.05) is 18.2 Å². The minimum Gasteiger partial charge on any atom is -0.487 e. The van der Waals surface area contributed by atoms with Crippen LogP contribution in [0.3, 0.4) is 0 Å². The van der Waals surface area contributed by atoms with E-state index in [4.69, 9.17) is 9.47 Å². The van der Waals surface area contributed by atoms with Crippen molar-refractivity contribution >= 4 is 17.7 Å². The Morgan fingerprint density at radius 2 is 1.89 bits per heavy atom. The van der Waals surface area contributed by atoms with Crippen LogP contribution in [-0.4, -0.2) is 22.6 Å². The molecule has 8 heteroatoms. The van der Waals surface area contributed by atoms with Crippen LogP contribution in [0.2, 0.25) is 0 Å². The van der Waals surface area contributed by atoms with Crippen LogP contribution >= 0.6 is 0 Å². The Bertz CT molecular complexity index is 1240. The third-order valence-electron chi connectivity index (χ3n) is 4.86. The van der Waals surface area contributed by atoms with Crippen LogP contribution in [0, 0.1) is 18.3 Å². The number of benzene rings is 2. The number of nitrogens with one attached hydrogen (secondary N) is 2. The number of nitriles is 1. The van der Waals surface area contributed by atoms with Crippen molar-refractivity contribution in [3.63, 3.8) is 0 Å². The van der Waals surface area contributed by atoms with E-state index in [2.05, 4.69) is 21.7 Å². The number of aromatic nitrogens is 1. The lowest BCUT2D eigenvalue weighted by molar-refractivity contribution is 0.0635. The second-order valence-corrected chi connectivity index (χ2v) is 8.88. The summed E-state index contributed by atoms with van der Waals surface area (Å²) in [6.45, 7) is 7.61. The van der Waals surface area contributed by atoms with Gasteiger partial charge in [-0.2, -0.15) is 5.26 Å². The zero-order valence-electron chi connectivity index (χ0n) is 20.2. The van der Waals surface area contributed by atoms with Crippen LogP contribution in [0.25, 0.3) is 0 Å². The molecule has 0 saturated carbocycles. The summed E-state index contributed by atoms with van der Waals surface area (Å²) in [6.07, 6.45) is 1.12. The van der Waals surface area contributed by atoms with Crippen LogP contribution in [-0.2, 0) is 17.9 Å². The molecule has 3 rings (SSSR count). The Balaban J connectivity index is 1.66. The van der Waals surface area contributed by atoms with Crippen LogP contribution in [0.5, 0.6) is 5.75 Å². The van der Waals surface area contributed by atoms with E-state index in [0.29, 0.717) is 22.6 Å². The van der Waals surface area contributed by atoms with Gasteiger partial charge in [0.1, 0.15) is 18.0 Å². The van der Waals surface area contributed by atoms with E-state index in [0.717, 1.165) is 16.8 Å². The minimum atomic E-state index is -0.608. The van der Waals surface area contributed by atoms with E-state index in [9.17, 15) is 14.9 Å². The Labute approximate surface area is 204 Å². The molecule has 0 aliphatic carbocycles. The Hall–Kier alpha value is -4.38. The minimum absolute atomic E-state index is 0.207. The van der Waals surface area contributed by atoms with Gasteiger partial charge in [-0.15, -0.1) is 0 Å². The Morgan fingerprint density at radius 3 is 2.54 bits per heavy atom. The lowest BCUT2D eigenvalue weighted by Crippen LogP contribution is -2.27. The molecular weight excluding hydrogens is 444 g/mol. The van der Waals surface area contributed by atoms with Gasteiger partial charge in [0.25, 0.3) is 5.91 Å². The Kier molecular flexibility index (Phi) is 8.05. The number of rotatable bonds is 7. The monoisotopic (exact) mass is 472 g/mol. The van der Waals surface area contributed by atoms with Gasteiger partial charge in [-0.05, 0) is 75.7 Å². The number of hydrogen-bond donors (Lipinski definition) is 2. The Morgan fingerprint density at radius 1 is 1.09 bits per heavy atom. The molecule has 0 spiro atoms. The predicted octanol–water partition coefficient (Wildman–Crippen LogP) is 5.12. The molecule has 180 valence electrons. The molecule has 1 aromatic heterocycles. The molecule has 0 unspecified atom stereocenters. The first-order valence-corrected chi connectivity index (χ1v) is 11.1. The lowest BCUT2D eigenvalue weighted by atomic mass is 10.1. The molecule has 8 nitrogen and oxygen atoms in total. The number of amides is 2. The number of ether oxygens (including phenoxy) is 2. The van der Waals surface area contributed by atoms with Gasteiger partial charge in [0.15, 0.2) is 0 Å². The van der Waals surface area contributed by atoms with Gasteiger partial charge in [0.2, 0.25) is 0 Å². The molecule has 2 aromatic carbocycles. The van der Waals surface area contributed by atoms with Crippen molar-refractivity contribution in [2.75, 3.05) is 5.32 Å². The maximum absolute atomic E-state index is 12.8. The smallest absolute Gasteiger partial charge is 0.412 e. The van der Waals surface area contributed by atoms with E-state index in [1.54, 1.807) is 70.3 Å². The number of aryl methyl sites for hydroxylation is 1. The first-order chi connectivity index (χ1) is 16.6. The highest BCUT2D eigenvalue weighted by molar-refractivity contribution is 5.95. The van der Waals surface area contributed by atoms with Gasteiger partial charge in [0.05, 0.1) is 17.3 Å². The van der Waals surface area contributed by atoms with Crippen LogP contribution < -0.4 is 15.4 Å². The number of hydrogen-bond acceptors (Lipinski definition) is 6. The van der Waals surface area contributed by atoms with Crippen molar-refractivity contribution in [2.45, 2.75) is 46.4 Å². The number of carbonyl (C=O) groups excluding carboxylic acids is 2. The van der Waals surface area contributed by atoms with Gasteiger partial charge in [-0.3, -0.25) is 15.1 Å². The average Bonchev–Trinajstić information content (AvgIpc) is 2.82. The summed E-state index contributed by atoms with van der Waals surface area (Å²) in [7, 11) is 0. The zero-order chi connectivity index (χ0) is 25.4. The van der Waals surface area contributed by atoms with E-state index >= 15 is 0 Å². The molecule has 0 saturated heterocycles. The zero-order valence-corrected chi connectivity index (χ0v) is 20.2. The van der Waals surface area contributed by atoms with Crippen LogP contribution in [0.4, 0.5) is 10.5 Å².